The number of rotatable bonds is 6. The standard InChI is InChI=1S/C16H17NO4S/c1-11-7-8-14(22-11)13(9-15(18)19)17-16(20)21-10-12-5-3-2-4-6-12/h2-8,13H,9-10H2,1H3,(H,17,20)(H,18,19). The average Bonchev–Trinajstić information content (AvgIpc) is 2.92. The van der Waals surface area contributed by atoms with Gasteiger partial charge in [-0.2, -0.15) is 0 Å². The number of alkyl carbamates (subject to hydrolysis) is 1. The molecule has 1 aromatic heterocycles. The monoisotopic (exact) mass is 319 g/mol. The lowest BCUT2D eigenvalue weighted by Crippen LogP contribution is -2.30. The van der Waals surface area contributed by atoms with Gasteiger partial charge in [0.2, 0.25) is 0 Å². The first-order chi connectivity index (χ1) is 10.5. The van der Waals surface area contributed by atoms with Gasteiger partial charge in [-0.15, -0.1) is 11.3 Å². The van der Waals surface area contributed by atoms with E-state index in [0.29, 0.717) is 0 Å². The zero-order chi connectivity index (χ0) is 15.9. The van der Waals surface area contributed by atoms with E-state index in [-0.39, 0.29) is 13.0 Å². The fourth-order valence-corrected chi connectivity index (χ4v) is 2.87. The third-order valence-electron chi connectivity index (χ3n) is 2.99. The Kier molecular flexibility index (Phi) is 5.55. The molecule has 0 aliphatic rings. The summed E-state index contributed by atoms with van der Waals surface area (Å²) < 4.78 is 5.13. The number of aryl methyl sites for hydroxylation is 1. The van der Waals surface area contributed by atoms with Gasteiger partial charge >= 0.3 is 12.1 Å². The van der Waals surface area contributed by atoms with Crippen LogP contribution in [-0.2, 0) is 16.1 Å². The molecule has 0 fully saturated rings. The molecule has 0 spiro atoms. The molecule has 1 unspecified atom stereocenters. The van der Waals surface area contributed by atoms with Crippen LogP contribution in [0.25, 0.3) is 0 Å². The Labute approximate surface area is 132 Å². The molecule has 1 amide bonds. The van der Waals surface area contributed by atoms with Crippen LogP contribution in [-0.4, -0.2) is 17.2 Å². The molecule has 2 aromatic rings. The highest BCUT2D eigenvalue weighted by Crippen LogP contribution is 2.25. The highest BCUT2D eigenvalue weighted by atomic mass is 32.1. The minimum absolute atomic E-state index is 0.149. The molecule has 5 nitrogen and oxygen atoms in total. The summed E-state index contributed by atoms with van der Waals surface area (Å²) in [4.78, 5) is 24.7. The molecule has 1 aromatic carbocycles. The van der Waals surface area contributed by atoms with E-state index < -0.39 is 18.1 Å². The minimum atomic E-state index is -0.973. The van der Waals surface area contributed by atoms with Gasteiger partial charge in [-0.1, -0.05) is 30.3 Å². The summed E-state index contributed by atoms with van der Waals surface area (Å²) in [6, 6.07) is 12.4. The SMILES string of the molecule is Cc1ccc(C(CC(=O)O)NC(=O)OCc2ccccc2)s1. The number of thiophene rings is 1. The average molecular weight is 319 g/mol. The van der Waals surface area contributed by atoms with Crippen molar-refractivity contribution in [1.82, 2.24) is 5.32 Å². The van der Waals surface area contributed by atoms with Gasteiger partial charge in [0.25, 0.3) is 0 Å². The molecule has 0 aliphatic heterocycles. The second kappa shape index (κ2) is 7.61. The molecule has 2 N–H and O–H groups in total. The lowest BCUT2D eigenvalue weighted by molar-refractivity contribution is -0.137. The van der Waals surface area contributed by atoms with Crippen LogP contribution in [0.4, 0.5) is 4.79 Å². The van der Waals surface area contributed by atoms with Crippen LogP contribution in [0.15, 0.2) is 42.5 Å². The van der Waals surface area contributed by atoms with Gasteiger partial charge in [0, 0.05) is 9.75 Å². The van der Waals surface area contributed by atoms with Gasteiger partial charge < -0.3 is 15.2 Å². The largest absolute Gasteiger partial charge is 0.481 e. The third-order valence-corrected chi connectivity index (χ3v) is 4.10. The Morgan fingerprint density at radius 1 is 1.23 bits per heavy atom. The van der Waals surface area contributed by atoms with Crippen molar-refractivity contribution in [3.63, 3.8) is 0 Å². The van der Waals surface area contributed by atoms with Crippen molar-refractivity contribution < 1.29 is 19.4 Å². The summed E-state index contributed by atoms with van der Waals surface area (Å²) in [5.74, 6) is -0.973. The maximum absolute atomic E-state index is 11.9. The number of hydrogen-bond donors (Lipinski definition) is 2. The number of carbonyl (C=O) groups excluding carboxylic acids is 1. The highest BCUT2D eigenvalue weighted by molar-refractivity contribution is 7.12. The fraction of sp³-hybridized carbons (Fsp3) is 0.250. The van der Waals surface area contributed by atoms with Crippen molar-refractivity contribution >= 4 is 23.4 Å². The van der Waals surface area contributed by atoms with Crippen LogP contribution in [0.2, 0.25) is 0 Å². The summed E-state index contributed by atoms with van der Waals surface area (Å²) in [6.45, 7) is 2.08. The summed E-state index contributed by atoms with van der Waals surface area (Å²) in [6.07, 6.45) is -0.804. The highest BCUT2D eigenvalue weighted by Gasteiger charge is 2.20. The van der Waals surface area contributed by atoms with Crippen molar-refractivity contribution in [2.75, 3.05) is 0 Å². The van der Waals surface area contributed by atoms with E-state index >= 15 is 0 Å². The molecule has 0 radical (unpaired) electrons. The van der Waals surface area contributed by atoms with Crippen molar-refractivity contribution in [2.24, 2.45) is 0 Å². The Bertz CT molecular complexity index is 639. The van der Waals surface area contributed by atoms with E-state index in [1.165, 1.54) is 11.3 Å². The van der Waals surface area contributed by atoms with E-state index in [4.69, 9.17) is 9.84 Å². The van der Waals surface area contributed by atoms with Crippen LogP contribution in [0, 0.1) is 6.92 Å². The van der Waals surface area contributed by atoms with Crippen LogP contribution < -0.4 is 5.32 Å². The second-order valence-corrected chi connectivity index (χ2v) is 6.12. The van der Waals surface area contributed by atoms with E-state index in [0.717, 1.165) is 15.3 Å². The van der Waals surface area contributed by atoms with Gasteiger partial charge in [-0.05, 0) is 24.6 Å². The first-order valence-corrected chi connectivity index (χ1v) is 7.61. The maximum Gasteiger partial charge on any atom is 0.407 e. The van der Waals surface area contributed by atoms with Gasteiger partial charge in [0.05, 0.1) is 12.5 Å². The first kappa shape index (κ1) is 16.0. The number of hydrogen-bond acceptors (Lipinski definition) is 4. The molecule has 0 saturated carbocycles. The van der Waals surface area contributed by atoms with Crippen molar-refractivity contribution in [3.8, 4) is 0 Å². The number of ether oxygens (including phenoxy) is 1. The summed E-state index contributed by atoms with van der Waals surface area (Å²) in [5.41, 5.74) is 0.874. The first-order valence-electron chi connectivity index (χ1n) is 6.80. The Morgan fingerprint density at radius 3 is 2.55 bits per heavy atom. The number of benzene rings is 1. The fourth-order valence-electron chi connectivity index (χ4n) is 1.95. The third kappa shape index (κ3) is 4.89. The number of carboxylic acids is 1. The van der Waals surface area contributed by atoms with E-state index in [1.807, 2.05) is 49.4 Å². The Morgan fingerprint density at radius 2 is 1.95 bits per heavy atom. The number of nitrogens with one attached hydrogen (secondary N) is 1. The summed E-state index contributed by atoms with van der Waals surface area (Å²) in [5, 5.41) is 11.6. The molecule has 0 bridgehead atoms. The minimum Gasteiger partial charge on any atom is -0.481 e. The number of aliphatic carboxylic acids is 1. The molecule has 0 aliphatic carbocycles. The number of carbonyl (C=O) groups is 2. The zero-order valence-corrected chi connectivity index (χ0v) is 12.9. The van der Waals surface area contributed by atoms with E-state index in [9.17, 15) is 9.59 Å². The second-order valence-electron chi connectivity index (χ2n) is 4.80. The topological polar surface area (TPSA) is 75.6 Å². The van der Waals surface area contributed by atoms with Crippen LogP contribution >= 0.6 is 11.3 Å². The van der Waals surface area contributed by atoms with E-state index in [2.05, 4.69) is 5.32 Å². The van der Waals surface area contributed by atoms with Crippen LogP contribution in [0.5, 0.6) is 0 Å². The number of amides is 1. The molecule has 2 rings (SSSR count). The van der Waals surface area contributed by atoms with Crippen LogP contribution in [0.1, 0.15) is 27.8 Å². The lowest BCUT2D eigenvalue weighted by atomic mass is 10.2. The smallest absolute Gasteiger partial charge is 0.407 e. The molecular weight excluding hydrogens is 302 g/mol. The van der Waals surface area contributed by atoms with Crippen molar-refractivity contribution in [2.45, 2.75) is 26.0 Å². The maximum atomic E-state index is 11.9. The predicted octanol–water partition coefficient (Wildman–Crippen LogP) is 3.50. The molecule has 1 atom stereocenters. The molecular formula is C16H17NO4S. The molecule has 1 heterocycles. The van der Waals surface area contributed by atoms with Gasteiger partial charge in [0.1, 0.15) is 6.61 Å². The molecule has 6 heteroatoms. The predicted molar refractivity (Wildman–Crippen MR) is 83.8 cm³/mol. The van der Waals surface area contributed by atoms with E-state index in [1.54, 1.807) is 0 Å². The normalized spacial score (nSPS) is 11.7. The zero-order valence-electron chi connectivity index (χ0n) is 12.1. The summed E-state index contributed by atoms with van der Waals surface area (Å²) >= 11 is 1.46. The lowest BCUT2D eigenvalue weighted by Gasteiger charge is -2.15. The molecule has 0 saturated heterocycles. The molecule has 22 heavy (non-hydrogen) atoms. The van der Waals surface area contributed by atoms with Crippen LogP contribution in [0.3, 0.4) is 0 Å². The quantitative estimate of drug-likeness (QED) is 0.854. The number of carboxylic acid groups (broad SMARTS) is 1. The molecule has 116 valence electrons. The Balaban J connectivity index is 1.94. The van der Waals surface area contributed by atoms with Gasteiger partial charge in [0.15, 0.2) is 0 Å². The Hall–Kier alpha value is -2.34. The van der Waals surface area contributed by atoms with Gasteiger partial charge in [-0.25, -0.2) is 4.79 Å². The summed E-state index contributed by atoms with van der Waals surface area (Å²) in [7, 11) is 0. The van der Waals surface area contributed by atoms with Gasteiger partial charge in [-0.3, -0.25) is 4.79 Å². The van der Waals surface area contributed by atoms with Crippen molar-refractivity contribution in [3.05, 3.63) is 57.8 Å². The van der Waals surface area contributed by atoms with Crippen molar-refractivity contribution in [1.29, 1.82) is 0 Å².